The normalized spacial score (nSPS) is 13.5. The molecule has 1 aromatic rings. The van der Waals surface area contributed by atoms with Crippen molar-refractivity contribution in [1.29, 1.82) is 0 Å². The zero-order valence-corrected chi connectivity index (χ0v) is 8.25. The standard InChI is InChI=1S/C11H16N2O/c12-6-2-8-14-10-4-1-3-9-5-7-13-11(9)10/h1,3-4,13H,2,5-8,12H2. The van der Waals surface area contributed by atoms with Crippen molar-refractivity contribution < 1.29 is 4.74 Å². The van der Waals surface area contributed by atoms with E-state index in [4.69, 9.17) is 10.5 Å². The Morgan fingerprint density at radius 2 is 2.36 bits per heavy atom. The SMILES string of the molecule is NCCCOc1cccc2c1NCC2. The molecule has 14 heavy (non-hydrogen) atoms. The lowest BCUT2D eigenvalue weighted by Crippen LogP contribution is -2.07. The van der Waals surface area contributed by atoms with Gasteiger partial charge in [0.25, 0.3) is 0 Å². The van der Waals surface area contributed by atoms with E-state index in [0.717, 1.165) is 25.1 Å². The van der Waals surface area contributed by atoms with Gasteiger partial charge in [0.1, 0.15) is 5.75 Å². The third kappa shape index (κ3) is 1.82. The summed E-state index contributed by atoms with van der Waals surface area (Å²) in [5, 5.41) is 3.34. The van der Waals surface area contributed by atoms with Gasteiger partial charge < -0.3 is 15.8 Å². The molecule has 3 N–H and O–H groups in total. The fraction of sp³-hybridized carbons (Fsp3) is 0.455. The Balaban J connectivity index is 2.06. The summed E-state index contributed by atoms with van der Waals surface area (Å²) < 4.78 is 5.65. The molecule has 2 rings (SSSR count). The second kappa shape index (κ2) is 4.33. The Kier molecular flexibility index (Phi) is 2.89. The lowest BCUT2D eigenvalue weighted by atomic mass is 10.1. The Morgan fingerprint density at radius 1 is 1.43 bits per heavy atom. The molecular weight excluding hydrogens is 176 g/mol. The molecule has 0 amide bonds. The molecule has 0 aromatic heterocycles. The molecule has 0 fully saturated rings. The summed E-state index contributed by atoms with van der Waals surface area (Å²) in [5.74, 6) is 0.966. The molecule has 3 nitrogen and oxygen atoms in total. The van der Waals surface area contributed by atoms with Crippen LogP contribution in [0, 0.1) is 0 Å². The van der Waals surface area contributed by atoms with Crippen LogP contribution in [0.25, 0.3) is 0 Å². The van der Waals surface area contributed by atoms with Gasteiger partial charge in [0, 0.05) is 6.54 Å². The molecule has 0 aliphatic carbocycles. The third-order valence-corrected chi connectivity index (χ3v) is 2.41. The maximum absolute atomic E-state index is 5.65. The van der Waals surface area contributed by atoms with E-state index in [9.17, 15) is 0 Å². The van der Waals surface area contributed by atoms with Gasteiger partial charge in [-0.05, 0) is 31.0 Å². The highest BCUT2D eigenvalue weighted by atomic mass is 16.5. The molecule has 0 saturated carbocycles. The molecule has 0 radical (unpaired) electrons. The van der Waals surface area contributed by atoms with E-state index in [0.29, 0.717) is 13.2 Å². The number of anilines is 1. The highest BCUT2D eigenvalue weighted by molar-refractivity contribution is 5.65. The third-order valence-electron chi connectivity index (χ3n) is 2.41. The number of hydrogen-bond acceptors (Lipinski definition) is 3. The molecule has 0 unspecified atom stereocenters. The molecular formula is C11H16N2O. The summed E-state index contributed by atoms with van der Waals surface area (Å²) in [4.78, 5) is 0. The minimum Gasteiger partial charge on any atom is -0.491 e. The first-order valence-electron chi connectivity index (χ1n) is 5.10. The van der Waals surface area contributed by atoms with Gasteiger partial charge in [0.05, 0.1) is 12.3 Å². The molecule has 0 saturated heterocycles. The molecule has 0 spiro atoms. The van der Waals surface area contributed by atoms with Gasteiger partial charge in [-0.25, -0.2) is 0 Å². The predicted molar refractivity (Wildman–Crippen MR) is 57.8 cm³/mol. The van der Waals surface area contributed by atoms with Crippen LogP contribution in [0.4, 0.5) is 5.69 Å². The second-order valence-corrected chi connectivity index (χ2v) is 3.46. The molecule has 76 valence electrons. The number of fused-ring (bicyclic) bond motifs is 1. The molecule has 0 atom stereocenters. The molecule has 1 aromatic carbocycles. The van der Waals surface area contributed by atoms with E-state index in [1.54, 1.807) is 0 Å². The highest BCUT2D eigenvalue weighted by Gasteiger charge is 2.13. The van der Waals surface area contributed by atoms with Crippen LogP contribution in [0.1, 0.15) is 12.0 Å². The summed E-state index contributed by atoms with van der Waals surface area (Å²) in [6.45, 7) is 2.41. The van der Waals surface area contributed by atoms with Crippen molar-refractivity contribution in [2.75, 3.05) is 25.0 Å². The summed E-state index contributed by atoms with van der Waals surface area (Å²) in [6, 6.07) is 6.20. The highest BCUT2D eigenvalue weighted by Crippen LogP contribution is 2.32. The first kappa shape index (κ1) is 9.34. The average Bonchev–Trinajstić information content (AvgIpc) is 2.67. The minimum absolute atomic E-state index is 0.683. The first-order valence-corrected chi connectivity index (χ1v) is 5.10. The summed E-state index contributed by atoms with van der Waals surface area (Å²) in [7, 11) is 0. The minimum atomic E-state index is 0.683. The number of hydrogen-bond donors (Lipinski definition) is 2. The van der Waals surface area contributed by atoms with Gasteiger partial charge in [-0.2, -0.15) is 0 Å². The van der Waals surface area contributed by atoms with Crippen LogP contribution < -0.4 is 15.8 Å². The predicted octanol–water partition coefficient (Wildman–Crippen LogP) is 1.38. The van der Waals surface area contributed by atoms with E-state index in [2.05, 4.69) is 11.4 Å². The number of para-hydroxylation sites is 1. The van der Waals surface area contributed by atoms with Crippen LogP contribution >= 0.6 is 0 Å². The first-order chi connectivity index (χ1) is 6.92. The number of rotatable bonds is 4. The van der Waals surface area contributed by atoms with Crippen LogP contribution in [-0.2, 0) is 6.42 Å². The molecule has 1 aliphatic heterocycles. The molecule has 1 aliphatic rings. The summed E-state index contributed by atoms with van der Waals surface area (Å²) in [6.07, 6.45) is 2.01. The van der Waals surface area contributed by atoms with E-state index < -0.39 is 0 Å². The van der Waals surface area contributed by atoms with E-state index >= 15 is 0 Å². The van der Waals surface area contributed by atoms with Crippen molar-refractivity contribution in [3.05, 3.63) is 23.8 Å². The zero-order chi connectivity index (χ0) is 9.80. The lowest BCUT2D eigenvalue weighted by Gasteiger charge is -2.10. The fourth-order valence-corrected chi connectivity index (χ4v) is 1.69. The van der Waals surface area contributed by atoms with Crippen LogP contribution in [0.2, 0.25) is 0 Å². The maximum atomic E-state index is 5.65. The average molecular weight is 192 g/mol. The quantitative estimate of drug-likeness (QED) is 0.708. The topological polar surface area (TPSA) is 47.3 Å². The van der Waals surface area contributed by atoms with Gasteiger partial charge in [-0.15, -0.1) is 0 Å². The molecule has 3 heteroatoms. The summed E-state index contributed by atoms with van der Waals surface area (Å²) in [5.41, 5.74) is 7.94. The number of benzene rings is 1. The van der Waals surface area contributed by atoms with Crippen molar-refractivity contribution in [3.63, 3.8) is 0 Å². The fourth-order valence-electron chi connectivity index (χ4n) is 1.69. The largest absolute Gasteiger partial charge is 0.491 e. The van der Waals surface area contributed by atoms with Gasteiger partial charge in [-0.1, -0.05) is 12.1 Å². The smallest absolute Gasteiger partial charge is 0.142 e. The molecule has 1 heterocycles. The van der Waals surface area contributed by atoms with Gasteiger partial charge in [0.2, 0.25) is 0 Å². The van der Waals surface area contributed by atoms with E-state index in [1.165, 1.54) is 11.3 Å². The number of nitrogens with two attached hydrogens (primary N) is 1. The Bertz CT molecular complexity index is 312. The Hall–Kier alpha value is -1.22. The van der Waals surface area contributed by atoms with Crippen LogP contribution in [0.5, 0.6) is 5.75 Å². The van der Waals surface area contributed by atoms with Gasteiger partial charge in [-0.3, -0.25) is 0 Å². The van der Waals surface area contributed by atoms with E-state index in [-0.39, 0.29) is 0 Å². The zero-order valence-electron chi connectivity index (χ0n) is 8.25. The van der Waals surface area contributed by atoms with Crippen molar-refractivity contribution in [2.45, 2.75) is 12.8 Å². The van der Waals surface area contributed by atoms with Crippen LogP contribution in [-0.4, -0.2) is 19.7 Å². The van der Waals surface area contributed by atoms with Crippen molar-refractivity contribution in [1.82, 2.24) is 0 Å². The van der Waals surface area contributed by atoms with Gasteiger partial charge >= 0.3 is 0 Å². The Morgan fingerprint density at radius 3 is 3.21 bits per heavy atom. The Labute approximate surface area is 84.3 Å². The number of ether oxygens (including phenoxy) is 1. The lowest BCUT2D eigenvalue weighted by molar-refractivity contribution is 0.315. The van der Waals surface area contributed by atoms with Crippen molar-refractivity contribution >= 4 is 5.69 Å². The summed E-state index contributed by atoms with van der Waals surface area (Å²) >= 11 is 0. The van der Waals surface area contributed by atoms with Gasteiger partial charge in [0.15, 0.2) is 0 Å². The monoisotopic (exact) mass is 192 g/mol. The number of nitrogens with one attached hydrogen (secondary N) is 1. The van der Waals surface area contributed by atoms with Crippen molar-refractivity contribution in [3.8, 4) is 5.75 Å². The van der Waals surface area contributed by atoms with Crippen LogP contribution in [0.15, 0.2) is 18.2 Å². The maximum Gasteiger partial charge on any atom is 0.142 e. The van der Waals surface area contributed by atoms with Crippen LogP contribution in [0.3, 0.4) is 0 Å². The molecule has 0 bridgehead atoms. The van der Waals surface area contributed by atoms with Crippen molar-refractivity contribution in [2.24, 2.45) is 5.73 Å². The second-order valence-electron chi connectivity index (χ2n) is 3.46. The van der Waals surface area contributed by atoms with E-state index in [1.807, 2.05) is 12.1 Å².